The van der Waals surface area contributed by atoms with Gasteiger partial charge < -0.3 is 20.1 Å². The Hall–Kier alpha value is -2.45. The van der Waals surface area contributed by atoms with Crippen molar-refractivity contribution in [1.82, 2.24) is 15.5 Å². The summed E-state index contributed by atoms with van der Waals surface area (Å²) in [6.45, 7) is 3.50. The van der Waals surface area contributed by atoms with Crippen LogP contribution in [0.4, 0.5) is 4.39 Å². The van der Waals surface area contributed by atoms with Gasteiger partial charge in [0.1, 0.15) is 0 Å². The molecule has 1 aromatic rings. The van der Waals surface area contributed by atoms with E-state index in [0.29, 0.717) is 39.0 Å². The molecule has 33 heavy (non-hydrogen) atoms. The molecule has 1 spiro atoms. The van der Waals surface area contributed by atoms with Crippen molar-refractivity contribution >= 4 is 11.8 Å². The third-order valence-corrected chi connectivity index (χ3v) is 7.26. The van der Waals surface area contributed by atoms with Crippen molar-refractivity contribution in [3.05, 3.63) is 41.7 Å². The number of amides is 2. The molecule has 3 heterocycles. The SMILES string of the molecule is COc1cc(CN2CCC3(C/C=C/C[C@H]4COCC[C@@H]4NC(=O)CNC3=O)CC2)ccc1F. The fourth-order valence-electron chi connectivity index (χ4n) is 5.13. The van der Waals surface area contributed by atoms with Crippen LogP contribution in [0.15, 0.2) is 30.4 Å². The van der Waals surface area contributed by atoms with Gasteiger partial charge in [-0.25, -0.2) is 4.39 Å². The number of carbonyl (C=O) groups excluding carboxylic acids is 2. The highest BCUT2D eigenvalue weighted by molar-refractivity contribution is 5.88. The minimum Gasteiger partial charge on any atom is -0.494 e. The Balaban J connectivity index is 1.41. The molecule has 180 valence electrons. The second kappa shape index (κ2) is 10.7. The Bertz CT molecular complexity index is 882. The lowest BCUT2D eigenvalue weighted by Crippen LogP contribution is -2.52. The summed E-state index contributed by atoms with van der Waals surface area (Å²) in [5, 5.41) is 5.98. The van der Waals surface area contributed by atoms with Gasteiger partial charge in [-0.05, 0) is 62.9 Å². The molecule has 4 rings (SSSR count). The van der Waals surface area contributed by atoms with Crippen molar-refractivity contribution in [3.8, 4) is 5.75 Å². The second-order valence-electron chi connectivity index (χ2n) is 9.42. The zero-order valence-electron chi connectivity index (χ0n) is 19.3. The first-order valence-corrected chi connectivity index (χ1v) is 11.8. The van der Waals surface area contributed by atoms with Crippen LogP contribution in [-0.4, -0.2) is 62.7 Å². The van der Waals surface area contributed by atoms with Crippen LogP contribution in [0.3, 0.4) is 0 Å². The maximum absolute atomic E-state index is 13.7. The first-order chi connectivity index (χ1) is 16.0. The van der Waals surface area contributed by atoms with E-state index in [-0.39, 0.29) is 41.9 Å². The number of ether oxygens (including phenoxy) is 2. The molecule has 3 aliphatic heterocycles. The third kappa shape index (κ3) is 5.73. The number of methoxy groups -OCH3 is 1. The summed E-state index contributed by atoms with van der Waals surface area (Å²) in [4.78, 5) is 28.0. The molecule has 2 saturated heterocycles. The average molecular weight is 460 g/mol. The van der Waals surface area contributed by atoms with Gasteiger partial charge in [0.15, 0.2) is 11.6 Å². The lowest BCUT2D eigenvalue weighted by Gasteiger charge is -2.40. The summed E-state index contributed by atoms with van der Waals surface area (Å²) >= 11 is 0. The Morgan fingerprint density at radius 1 is 1.24 bits per heavy atom. The molecular weight excluding hydrogens is 425 g/mol. The summed E-state index contributed by atoms with van der Waals surface area (Å²) in [5.41, 5.74) is 0.461. The lowest BCUT2D eigenvalue weighted by molar-refractivity contribution is -0.136. The van der Waals surface area contributed by atoms with Crippen molar-refractivity contribution in [2.75, 3.05) is 40.0 Å². The predicted molar refractivity (Wildman–Crippen MR) is 122 cm³/mol. The smallest absolute Gasteiger partial charge is 0.239 e. The number of allylic oxidation sites excluding steroid dienone is 2. The highest BCUT2D eigenvalue weighted by atomic mass is 19.1. The number of benzene rings is 1. The van der Waals surface area contributed by atoms with E-state index in [1.165, 1.54) is 13.2 Å². The topological polar surface area (TPSA) is 79.9 Å². The number of piperidine rings is 1. The second-order valence-corrected chi connectivity index (χ2v) is 9.42. The number of likely N-dealkylation sites (tertiary alicyclic amines) is 1. The first kappa shape index (κ1) is 23.7. The minimum absolute atomic E-state index is 0.00740. The molecule has 0 saturated carbocycles. The largest absolute Gasteiger partial charge is 0.494 e. The van der Waals surface area contributed by atoms with Crippen LogP contribution in [-0.2, 0) is 20.9 Å². The first-order valence-electron chi connectivity index (χ1n) is 11.8. The molecule has 1 aromatic carbocycles. The number of carbonyl (C=O) groups is 2. The minimum atomic E-state index is -0.518. The Labute approximate surface area is 194 Å². The van der Waals surface area contributed by atoms with E-state index in [1.54, 1.807) is 12.1 Å². The van der Waals surface area contributed by atoms with Crippen molar-refractivity contribution in [2.24, 2.45) is 11.3 Å². The zero-order chi connectivity index (χ0) is 23.3. The fraction of sp³-hybridized carbons (Fsp3) is 0.600. The number of hydrogen-bond donors (Lipinski definition) is 2. The number of rotatable bonds is 3. The maximum Gasteiger partial charge on any atom is 0.239 e. The molecule has 7 nitrogen and oxygen atoms in total. The highest BCUT2D eigenvalue weighted by Gasteiger charge is 2.40. The highest BCUT2D eigenvalue weighted by Crippen LogP contribution is 2.37. The number of nitrogens with zero attached hydrogens (tertiary/aromatic N) is 1. The van der Waals surface area contributed by atoms with E-state index in [1.807, 2.05) is 0 Å². The van der Waals surface area contributed by atoms with Gasteiger partial charge in [0.25, 0.3) is 0 Å². The molecule has 2 fully saturated rings. The van der Waals surface area contributed by atoms with Crippen LogP contribution >= 0.6 is 0 Å². The van der Waals surface area contributed by atoms with Gasteiger partial charge in [0.2, 0.25) is 11.8 Å². The van der Waals surface area contributed by atoms with Crippen LogP contribution in [0.1, 0.15) is 37.7 Å². The summed E-state index contributed by atoms with van der Waals surface area (Å²) in [7, 11) is 1.46. The van der Waals surface area contributed by atoms with Gasteiger partial charge in [0, 0.05) is 25.1 Å². The summed E-state index contributed by atoms with van der Waals surface area (Å²) in [6, 6.07) is 5.02. The predicted octanol–water partition coefficient (Wildman–Crippen LogP) is 2.40. The Morgan fingerprint density at radius 2 is 2.06 bits per heavy atom. The molecule has 0 unspecified atom stereocenters. The van der Waals surface area contributed by atoms with Crippen LogP contribution in [0.5, 0.6) is 5.75 Å². The molecule has 0 radical (unpaired) electrons. The number of halogens is 1. The van der Waals surface area contributed by atoms with E-state index < -0.39 is 5.41 Å². The van der Waals surface area contributed by atoms with Crippen molar-refractivity contribution in [2.45, 2.75) is 44.7 Å². The molecule has 0 aromatic heterocycles. The van der Waals surface area contributed by atoms with E-state index in [2.05, 4.69) is 27.7 Å². The van der Waals surface area contributed by atoms with E-state index >= 15 is 0 Å². The third-order valence-electron chi connectivity index (χ3n) is 7.26. The van der Waals surface area contributed by atoms with Gasteiger partial charge in [-0.3, -0.25) is 14.5 Å². The van der Waals surface area contributed by atoms with Gasteiger partial charge in [0.05, 0.1) is 25.7 Å². The molecule has 0 aliphatic carbocycles. The number of hydrogen-bond acceptors (Lipinski definition) is 5. The van der Waals surface area contributed by atoms with E-state index in [0.717, 1.165) is 31.5 Å². The summed E-state index contributed by atoms with van der Waals surface area (Å²) in [5.74, 6) is -0.0453. The summed E-state index contributed by atoms with van der Waals surface area (Å²) < 4.78 is 24.4. The van der Waals surface area contributed by atoms with Crippen LogP contribution in [0.2, 0.25) is 0 Å². The number of nitrogens with one attached hydrogen (secondary N) is 2. The molecule has 2 amide bonds. The normalized spacial score (nSPS) is 27.5. The van der Waals surface area contributed by atoms with Gasteiger partial charge >= 0.3 is 0 Å². The Morgan fingerprint density at radius 3 is 2.85 bits per heavy atom. The standard InChI is InChI=1S/C25H34FN3O4/c1-32-22-14-18(5-6-20(22)26)16-29-11-9-25(10-12-29)8-3-2-4-19-17-33-13-7-21(19)28-23(30)15-27-24(25)31/h2-3,5-6,14,19,21H,4,7-13,15-17H2,1H3,(H,27,31)(H,28,30)/b3-2+/t19-,21-/m0/s1. The monoisotopic (exact) mass is 459 g/mol. The molecular formula is C25H34FN3O4. The molecule has 2 atom stereocenters. The molecule has 0 bridgehead atoms. The van der Waals surface area contributed by atoms with E-state index in [4.69, 9.17) is 9.47 Å². The molecule has 2 N–H and O–H groups in total. The van der Waals surface area contributed by atoms with Crippen LogP contribution in [0.25, 0.3) is 0 Å². The van der Waals surface area contributed by atoms with Gasteiger partial charge in [-0.2, -0.15) is 0 Å². The zero-order valence-corrected chi connectivity index (χ0v) is 19.3. The van der Waals surface area contributed by atoms with Gasteiger partial charge in [-0.1, -0.05) is 18.2 Å². The maximum atomic E-state index is 13.7. The van der Waals surface area contributed by atoms with Crippen LogP contribution in [0, 0.1) is 17.2 Å². The van der Waals surface area contributed by atoms with Crippen molar-refractivity contribution < 1.29 is 23.5 Å². The summed E-state index contributed by atoms with van der Waals surface area (Å²) in [6.07, 6.45) is 7.99. The fourth-order valence-corrected chi connectivity index (χ4v) is 5.13. The van der Waals surface area contributed by atoms with Crippen molar-refractivity contribution in [3.63, 3.8) is 0 Å². The quantitative estimate of drug-likeness (QED) is 0.679. The van der Waals surface area contributed by atoms with E-state index in [9.17, 15) is 14.0 Å². The molecule has 8 heteroatoms. The van der Waals surface area contributed by atoms with Crippen LogP contribution < -0.4 is 15.4 Å². The van der Waals surface area contributed by atoms with Gasteiger partial charge in [-0.15, -0.1) is 0 Å². The lowest BCUT2D eigenvalue weighted by atomic mass is 9.74. The average Bonchev–Trinajstić information content (AvgIpc) is 2.83. The number of fused-ring (bicyclic) bond motifs is 1. The molecule has 3 aliphatic rings. The van der Waals surface area contributed by atoms with Crippen molar-refractivity contribution in [1.29, 1.82) is 0 Å². The Kier molecular flexibility index (Phi) is 7.65.